The molecule has 0 atom stereocenters. The molecule has 2 aromatic carbocycles. The van der Waals surface area contributed by atoms with Crippen LogP contribution in [0.5, 0.6) is 11.5 Å². The average molecular weight is 523 g/mol. The van der Waals surface area contributed by atoms with Crippen LogP contribution in [-0.2, 0) is 40.1 Å². The van der Waals surface area contributed by atoms with Gasteiger partial charge in [-0.15, -0.1) is 11.5 Å². The van der Waals surface area contributed by atoms with Crippen molar-refractivity contribution in [3.63, 3.8) is 0 Å². The Morgan fingerprint density at radius 3 is 1.06 bits per heavy atom. The van der Waals surface area contributed by atoms with Crippen LogP contribution in [0.25, 0.3) is 0 Å². The Labute approximate surface area is 211 Å². The SMILES string of the molecule is CCCCCCCCc1ccc([O-])cc1.CCCCCCCCc1ccc([O-])cc1.[Cd+2]. The number of rotatable bonds is 14. The maximum absolute atomic E-state index is 10.9. The molecular formula is C28H42CdO2. The molecule has 0 N–H and O–H groups in total. The fourth-order valence-electron chi connectivity index (χ4n) is 3.53. The molecule has 0 heterocycles. The van der Waals surface area contributed by atoms with E-state index in [0.717, 1.165) is 12.8 Å². The molecule has 0 bridgehead atoms. The minimum Gasteiger partial charge on any atom is -0.872 e. The van der Waals surface area contributed by atoms with Gasteiger partial charge in [-0.2, -0.15) is 0 Å². The molecule has 2 rings (SSSR count). The van der Waals surface area contributed by atoms with E-state index >= 15 is 0 Å². The number of hydrogen-bond acceptors (Lipinski definition) is 2. The normalized spacial score (nSPS) is 10.1. The van der Waals surface area contributed by atoms with E-state index in [1.165, 1.54) is 88.2 Å². The molecule has 0 amide bonds. The summed E-state index contributed by atoms with van der Waals surface area (Å²) in [5, 5.41) is 21.7. The number of hydrogen-bond donors (Lipinski definition) is 0. The van der Waals surface area contributed by atoms with Gasteiger partial charge in [-0.05, 0) is 36.8 Å². The summed E-state index contributed by atoms with van der Waals surface area (Å²) in [4.78, 5) is 0. The van der Waals surface area contributed by atoms with Crippen LogP contribution in [0.15, 0.2) is 48.5 Å². The second-order valence-corrected chi connectivity index (χ2v) is 8.32. The fourth-order valence-corrected chi connectivity index (χ4v) is 3.53. The summed E-state index contributed by atoms with van der Waals surface area (Å²) >= 11 is 0. The zero-order valence-electron chi connectivity index (χ0n) is 20.0. The Morgan fingerprint density at radius 1 is 0.452 bits per heavy atom. The van der Waals surface area contributed by atoms with Gasteiger partial charge in [-0.3, -0.25) is 0 Å². The van der Waals surface area contributed by atoms with Crippen LogP contribution in [0.3, 0.4) is 0 Å². The van der Waals surface area contributed by atoms with E-state index in [2.05, 4.69) is 13.8 Å². The minimum absolute atomic E-state index is 0. The molecule has 0 saturated carbocycles. The third-order valence-corrected chi connectivity index (χ3v) is 5.48. The summed E-state index contributed by atoms with van der Waals surface area (Å²) in [7, 11) is 0. The zero-order valence-corrected chi connectivity index (χ0v) is 24.1. The summed E-state index contributed by atoms with van der Waals surface area (Å²) < 4.78 is 0. The molecule has 2 nitrogen and oxygen atoms in total. The van der Waals surface area contributed by atoms with E-state index in [1.807, 2.05) is 24.3 Å². The minimum atomic E-state index is 0. The third-order valence-electron chi connectivity index (χ3n) is 5.48. The molecule has 0 aliphatic heterocycles. The molecule has 0 aliphatic rings. The Morgan fingerprint density at radius 2 is 0.742 bits per heavy atom. The first-order valence-electron chi connectivity index (χ1n) is 12.2. The summed E-state index contributed by atoms with van der Waals surface area (Å²) in [5.74, 6) is 0.225. The molecule has 168 valence electrons. The quantitative estimate of drug-likeness (QED) is 0.193. The van der Waals surface area contributed by atoms with Gasteiger partial charge in [0.2, 0.25) is 0 Å². The van der Waals surface area contributed by atoms with Gasteiger partial charge in [0, 0.05) is 0 Å². The van der Waals surface area contributed by atoms with E-state index in [-0.39, 0.29) is 38.8 Å². The fraction of sp³-hybridized carbons (Fsp3) is 0.571. The standard InChI is InChI=1S/2C14H22O.Cd/c2*1-2-3-4-5-6-7-8-13-9-11-14(15)12-10-13;/h2*9-12,15H,2-8H2,1H3;/q;;+2/p-2. The Kier molecular flexibility index (Phi) is 20.1. The van der Waals surface area contributed by atoms with Crippen LogP contribution in [0.2, 0.25) is 0 Å². The van der Waals surface area contributed by atoms with Gasteiger partial charge >= 0.3 is 27.3 Å². The number of aryl methyl sites for hydroxylation is 2. The van der Waals surface area contributed by atoms with Crippen molar-refractivity contribution in [3.8, 4) is 11.5 Å². The molecule has 0 aliphatic carbocycles. The van der Waals surface area contributed by atoms with Crippen molar-refractivity contribution < 1.29 is 37.5 Å². The molecule has 2 aromatic rings. The summed E-state index contributed by atoms with van der Waals surface area (Å²) in [6.45, 7) is 4.48. The molecule has 3 heteroatoms. The van der Waals surface area contributed by atoms with E-state index in [9.17, 15) is 10.2 Å². The van der Waals surface area contributed by atoms with Crippen molar-refractivity contribution in [2.24, 2.45) is 0 Å². The molecule has 0 radical (unpaired) electrons. The molecule has 31 heavy (non-hydrogen) atoms. The summed E-state index contributed by atoms with van der Waals surface area (Å²) in [6.07, 6.45) is 18.2. The maximum Gasteiger partial charge on any atom is 2.00 e. The number of benzene rings is 2. The van der Waals surface area contributed by atoms with Crippen molar-refractivity contribution in [3.05, 3.63) is 59.7 Å². The Hall–Kier alpha value is -1.04. The van der Waals surface area contributed by atoms with Crippen LogP contribution < -0.4 is 10.2 Å². The van der Waals surface area contributed by atoms with Crippen molar-refractivity contribution in [2.75, 3.05) is 0 Å². The second kappa shape index (κ2) is 20.8. The maximum atomic E-state index is 10.9. The van der Waals surface area contributed by atoms with Crippen LogP contribution in [0, 0.1) is 0 Å². The largest absolute Gasteiger partial charge is 2.00 e. The van der Waals surface area contributed by atoms with E-state index < -0.39 is 0 Å². The van der Waals surface area contributed by atoms with Crippen LogP contribution in [-0.4, -0.2) is 0 Å². The Bertz CT molecular complexity index is 565. The average Bonchev–Trinajstić information content (AvgIpc) is 2.76. The number of unbranched alkanes of at least 4 members (excludes halogenated alkanes) is 10. The van der Waals surface area contributed by atoms with Crippen molar-refractivity contribution in [1.29, 1.82) is 0 Å². The first kappa shape index (κ1) is 30.0. The van der Waals surface area contributed by atoms with Gasteiger partial charge in [-0.1, -0.05) is 127 Å². The second-order valence-electron chi connectivity index (χ2n) is 8.32. The first-order chi connectivity index (χ1) is 14.7. The smallest absolute Gasteiger partial charge is 0.872 e. The van der Waals surface area contributed by atoms with Gasteiger partial charge in [0.1, 0.15) is 0 Å². The summed E-state index contributed by atoms with van der Waals surface area (Å²) in [6, 6.07) is 14.4. The molecule has 0 unspecified atom stereocenters. The predicted molar refractivity (Wildman–Crippen MR) is 126 cm³/mol. The van der Waals surface area contributed by atoms with Crippen LogP contribution in [0.1, 0.15) is 102 Å². The topological polar surface area (TPSA) is 46.1 Å². The molecule has 0 aromatic heterocycles. The van der Waals surface area contributed by atoms with Crippen molar-refractivity contribution in [1.82, 2.24) is 0 Å². The molecular weight excluding hydrogens is 481 g/mol. The van der Waals surface area contributed by atoms with Crippen LogP contribution >= 0.6 is 0 Å². The van der Waals surface area contributed by atoms with Gasteiger partial charge in [0.25, 0.3) is 0 Å². The van der Waals surface area contributed by atoms with Crippen molar-refractivity contribution in [2.45, 2.75) is 104 Å². The van der Waals surface area contributed by atoms with E-state index in [4.69, 9.17) is 0 Å². The summed E-state index contributed by atoms with van der Waals surface area (Å²) in [5.41, 5.74) is 2.59. The molecule has 0 fully saturated rings. The zero-order chi connectivity index (χ0) is 21.9. The van der Waals surface area contributed by atoms with Gasteiger partial charge in [0.15, 0.2) is 0 Å². The van der Waals surface area contributed by atoms with Gasteiger partial charge < -0.3 is 10.2 Å². The monoisotopic (exact) mass is 524 g/mol. The van der Waals surface area contributed by atoms with Crippen LogP contribution in [0.4, 0.5) is 0 Å². The third kappa shape index (κ3) is 17.2. The predicted octanol–water partition coefficient (Wildman–Crippen LogP) is 7.32. The molecule has 0 saturated heterocycles. The first-order valence-corrected chi connectivity index (χ1v) is 12.2. The van der Waals surface area contributed by atoms with Crippen molar-refractivity contribution >= 4 is 0 Å². The van der Waals surface area contributed by atoms with E-state index in [0.29, 0.717) is 0 Å². The Balaban J connectivity index is 0.000000562. The van der Waals surface area contributed by atoms with E-state index in [1.54, 1.807) is 24.3 Å². The molecule has 0 spiro atoms. The van der Waals surface area contributed by atoms with Gasteiger partial charge in [0.05, 0.1) is 0 Å². The van der Waals surface area contributed by atoms with Gasteiger partial charge in [-0.25, -0.2) is 0 Å².